The molecule has 1 fully saturated rings. The Kier molecular flexibility index (Phi) is 7.70. The third-order valence-electron chi connectivity index (χ3n) is 5.13. The van der Waals surface area contributed by atoms with Crippen LogP contribution in [0.15, 0.2) is 53.4 Å². The smallest absolute Gasteiger partial charge is 0.257 e. The minimum absolute atomic E-state index is 0.0175. The highest BCUT2D eigenvalue weighted by Crippen LogP contribution is 2.19. The fourth-order valence-electron chi connectivity index (χ4n) is 3.40. The molecule has 1 heterocycles. The van der Waals surface area contributed by atoms with Crippen molar-refractivity contribution in [1.82, 2.24) is 14.5 Å². The van der Waals surface area contributed by atoms with Crippen LogP contribution in [-0.4, -0.2) is 74.5 Å². The van der Waals surface area contributed by atoms with Crippen LogP contribution < -0.4 is 9.46 Å². The van der Waals surface area contributed by atoms with Crippen molar-refractivity contribution in [2.45, 2.75) is 18.2 Å². The zero-order chi connectivity index (χ0) is 23.1. The number of carbonyl (C=O) groups excluding carboxylic acids is 2. The Balaban J connectivity index is 1.46. The van der Waals surface area contributed by atoms with E-state index in [0.29, 0.717) is 38.5 Å². The number of phenolic OH excluding ortho intramolecular Hbond substituents is 1. The molecule has 0 unspecified atom stereocenters. The lowest BCUT2D eigenvalue weighted by atomic mass is 10.1. The third-order valence-corrected chi connectivity index (χ3v) is 6.61. The molecule has 2 amide bonds. The van der Waals surface area contributed by atoms with Gasteiger partial charge in [-0.05, 0) is 43.3 Å². The molecule has 172 valence electrons. The van der Waals surface area contributed by atoms with E-state index >= 15 is 0 Å². The van der Waals surface area contributed by atoms with Crippen LogP contribution in [0.5, 0.6) is 11.5 Å². The monoisotopic (exact) mass is 461 g/mol. The third kappa shape index (κ3) is 5.77. The Morgan fingerprint density at radius 2 is 1.62 bits per heavy atom. The molecule has 1 saturated heterocycles. The van der Waals surface area contributed by atoms with Crippen molar-refractivity contribution >= 4 is 21.8 Å². The lowest BCUT2D eigenvalue weighted by Gasteiger charge is -2.35. The molecule has 2 aromatic carbocycles. The van der Waals surface area contributed by atoms with E-state index in [1.54, 1.807) is 40.1 Å². The average molecular weight is 462 g/mol. The largest absolute Gasteiger partial charge is 0.507 e. The predicted octanol–water partition coefficient (Wildman–Crippen LogP) is 1.44. The van der Waals surface area contributed by atoms with Gasteiger partial charge in [0.2, 0.25) is 15.9 Å². The van der Waals surface area contributed by atoms with Crippen LogP contribution in [0.25, 0.3) is 0 Å². The molecule has 9 nitrogen and oxygen atoms in total. The van der Waals surface area contributed by atoms with Gasteiger partial charge in [-0.15, -0.1) is 0 Å². The molecule has 1 aliphatic rings. The summed E-state index contributed by atoms with van der Waals surface area (Å²) in [6.45, 7) is 3.70. The highest BCUT2D eigenvalue weighted by Gasteiger charge is 2.26. The minimum atomic E-state index is -3.73. The first kappa shape index (κ1) is 23.6. The van der Waals surface area contributed by atoms with E-state index in [2.05, 4.69) is 4.72 Å². The average Bonchev–Trinajstić information content (AvgIpc) is 2.79. The molecule has 3 rings (SSSR count). The summed E-state index contributed by atoms with van der Waals surface area (Å²) >= 11 is 0. The lowest BCUT2D eigenvalue weighted by Crippen LogP contribution is -2.51. The van der Waals surface area contributed by atoms with Crippen LogP contribution in [0.3, 0.4) is 0 Å². The van der Waals surface area contributed by atoms with Crippen LogP contribution >= 0.6 is 0 Å². The summed E-state index contributed by atoms with van der Waals surface area (Å²) in [7, 11) is -3.73. The number of para-hydroxylation sites is 1. The number of nitrogens with one attached hydrogen (secondary N) is 1. The topological polar surface area (TPSA) is 116 Å². The fraction of sp³-hybridized carbons (Fsp3) is 0.364. The molecule has 10 heteroatoms. The molecule has 0 atom stereocenters. The maximum atomic E-state index is 12.5. The summed E-state index contributed by atoms with van der Waals surface area (Å²) in [5.74, 6) is 0.0462. The Hall–Kier alpha value is -3.11. The van der Waals surface area contributed by atoms with Crippen molar-refractivity contribution in [1.29, 1.82) is 0 Å². The Morgan fingerprint density at radius 3 is 2.25 bits per heavy atom. The van der Waals surface area contributed by atoms with Gasteiger partial charge in [0.25, 0.3) is 5.91 Å². The van der Waals surface area contributed by atoms with Crippen LogP contribution in [0.2, 0.25) is 0 Å². The molecule has 0 bridgehead atoms. The number of benzene rings is 2. The van der Waals surface area contributed by atoms with Crippen molar-refractivity contribution in [3.63, 3.8) is 0 Å². The zero-order valence-electron chi connectivity index (χ0n) is 17.9. The number of hydrogen-bond acceptors (Lipinski definition) is 6. The number of nitrogens with zero attached hydrogens (tertiary/aromatic N) is 2. The number of piperazine rings is 1. The molecule has 0 radical (unpaired) electrons. The van der Waals surface area contributed by atoms with Gasteiger partial charge < -0.3 is 19.6 Å². The number of hydrogen-bond donors (Lipinski definition) is 2. The van der Waals surface area contributed by atoms with E-state index in [4.69, 9.17) is 4.74 Å². The second kappa shape index (κ2) is 10.5. The first-order chi connectivity index (χ1) is 15.3. The zero-order valence-corrected chi connectivity index (χ0v) is 18.7. The van der Waals surface area contributed by atoms with E-state index in [-0.39, 0.29) is 41.0 Å². The number of amides is 2. The molecule has 0 aromatic heterocycles. The number of aromatic hydroxyl groups is 1. The Bertz CT molecular complexity index is 1050. The van der Waals surface area contributed by atoms with Crippen molar-refractivity contribution < 1.29 is 27.9 Å². The van der Waals surface area contributed by atoms with Gasteiger partial charge in [-0.1, -0.05) is 12.1 Å². The summed E-state index contributed by atoms with van der Waals surface area (Å²) in [6.07, 6.45) is 0.0175. The molecule has 32 heavy (non-hydrogen) atoms. The van der Waals surface area contributed by atoms with E-state index in [1.165, 1.54) is 18.2 Å². The van der Waals surface area contributed by atoms with Gasteiger partial charge in [0.05, 0.1) is 17.1 Å². The molecule has 0 saturated carbocycles. The van der Waals surface area contributed by atoms with Crippen LogP contribution in [0, 0.1) is 0 Å². The second-order valence-electron chi connectivity index (χ2n) is 7.24. The number of ether oxygens (including phenoxy) is 1. The molecule has 2 aromatic rings. The molecular formula is C22H27N3O6S. The number of sulfonamides is 1. The van der Waals surface area contributed by atoms with E-state index in [1.807, 2.05) is 6.92 Å². The lowest BCUT2D eigenvalue weighted by molar-refractivity contribution is -0.132. The number of phenols is 1. The van der Waals surface area contributed by atoms with Gasteiger partial charge in [-0.3, -0.25) is 9.59 Å². The molecule has 0 spiro atoms. The Labute approximate surface area is 187 Å². The summed E-state index contributed by atoms with van der Waals surface area (Å²) in [6, 6.07) is 12.4. The summed E-state index contributed by atoms with van der Waals surface area (Å²) in [4.78, 5) is 28.3. The maximum absolute atomic E-state index is 12.5. The quantitative estimate of drug-likeness (QED) is 0.615. The molecule has 1 aliphatic heterocycles. The van der Waals surface area contributed by atoms with Crippen LogP contribution in [0.1, 0.15) is 23.7 Å². The first-order valence-corrected chi connectivity index (χ1v) is 11.9. The second-order valence-corrected chi connectivity index (χ2v) is 9.01. The van der Waals surface area contributed by atoms with Gasteiger partial charge in [-0.2, -0.15) is 0 Å². The van der Waals surface area contributed by atoms with Crippen molar-refractivity contribution in [3.8, 4) is 11.5 Å². The number of carbonyl (C=O) groups is 2. The van der Waals surface area contributed by atoms with E-state index in [0.717, 1.165) is 0 Å². The summed E-state index contributed by atoms with van der Waals surface area (Å²) in [5.41, 5.74) is 0.232. The summed E-state index contributed by atoms with van der Waals surface area (Å²) in [5, 5.41) is 9.86. The number of rotatable bonds is 8. The van der Waals surface area contributed by atoms with Crippen molar-refractivity contribution in [3.05, 3.63) is 54.1 Å². The molecular weight excluding hydrogens is 434 g/mol. The van der Waals surface area contributed by atoms with Gasteiger partial charge in [0.1, 0.15) is 11.5 Å². The van der Waals surface area contributed by atoms with Crippen molar-refractivity contribution in [2.75, 3.05) is 39.3 Å². The van der Waals surface area contributed by atoms with Gasteiger partial charge >= 0.3 is 0 Å². The first-order valence-electron chi connectivity index (χ1n) is 10.4. The fourth-order valence-corrected chi connectivity index (χ4v) is 4.43. The standard InChI is InChI=1S/C22H27N3O6S/c1-2-31-17-7-9-18(10-8-17)32(29,30)23-12-11-21(27)24-13-15-25(16-14-24)22(28)19-5-3-4-6-20(19)26/h3-10,23,26H,2,11-16H2,1H3. The van der Waals surface area contributed by atoms with E-state index in [9.17, 15) is 23.1 Å². The summed E-state index contributed by atoms with van der Waals surface area (Å²) < 4.78 is 32.5. The van der Waals surface area contributed by atoms with E-state index < -0.39 is 10.0 Å². The predicted molar refractivity (Wildman–Crippen MR) is 118 cm³/mol. The highest BCUT2D eigenvalue weighted by atomic mass is 32.2. The van der Waals surface area contributed by atoms with Crippen molar-refractivity contribution in [2.24, 2.45) is 0 Å². The minimum Gasteiger partial charge on any atom is -0.507 e. The molecule has 2 N–H and O–H groups in total. The normalized spacial score (nSPS) is 14.3. The molecule has 0 aliphatic carbocycles. The SMILES string of the molecule is CCOc1ccc(S(=O)(=O)NCCC(=O)N2CCN(C(=O)c3ccccc3O)CC2)cc1. The van der Waals surface area contributed by atoms with Gasteiger partial charge in [-0.25, -0.2) is 13.1 Å². The maximum Gasteiger partial charge on any atom is 0.257 e. The van der Waals surface area contributed by atoms with Crippen LogP contribution in [0.4, 0.5) is 0 Å². The van der Waals surface area contributed by atoms with Gasteiger partial charge in [0.15, 0.2) is 0 Å². The van der Waals surface area contributed by atoms with Gasteiger partial charge in [0, 0.05) is 39.1 Å². The Morgan fingerprint density at radius 1 is 1.00 bits per heavy atom. The highest BCUT2D eigenvalue weighted by molar-refractivity contribution is 7.89. The van der Waals surface area contributed by atoms with Crippen LogP contribution in [-0.2, 0) is 14.8 Å².